The standard InChI is InChI=1S/C8H10N2O2/c11-8-9-4-3-6(10-8)7-2-1-5-12-7/h1-2,5-6H,3-4H2,(H2,9,10,11). The Morgan fingerprint density at radius 1 is 1.58 bits per heavy atom. The lowest BCUT2D eigenvalue weighted by atomic mass is 10.1. The van der Waals surface area contributed by atoms with Crippen molar-refractivity contribution in [2.24, 2.45) is 0 Å². The lowest BCUT2D eigenvalue weighted by Crippen LogP contribution is -2.44. The van der Waals surface area contributed by atoms with Crippen LogP contribution in [0.4, 0.5) is 4.79 Å². The molecule has 2 rings (SSSR count). The predicted octanol–water partition coefficient (Wildman–Crippen LogP) is 1.02. The van der Waals surface area contributed by atoms with Crippen molar-refractivity contribution in [3.8, 4) is 0 Å². The summed E-state index contributed by atoms with van der Waals surface area (Å²) in [6.45, 7) is 0.706. The minimum Gasteiger partial charge on any atom is -0.467 e. The SMILES string of the molecule is O=C1NCCC(c2ccco2)N1. The van der Waals surface area contributed by atoms with Crippen molar-refractivity contribution in [1.29, 1.82) is 0 Å². The molecule has 1 fully saturated rings. The van der Waals surface area contributed by atoms with Gasteiger partial charge in [-0.05, 0) is 18.6 Å². The van der Waals surface area contributed by atoms with Gasteiger partial charge in [-0.25, -0.2) is 4.79 Å². The summed E-state index contributed by atoms with van der Waals surface area (Å²) in [5, 5.41) is 5.46. The van der Waals surface area contributed by atoms with Gasteiger partial charge in [-0.15, -0.1) is 0 Å². The number of nitrogens with one attached hydrogen (secondary N) is 2. The van der Waals surface area contributed by atoms with E-state index in [1.807, 2.05) is 12.1 Å². The fraction of sp³-hybridized carbons (Fsp3) is 0.375. The Morgan fingerprint density at radius 2 is 2.50 bits per heavy atom. The van der Waals surface area contributed by atoms with Gasteiger partial charge in [0.1, 0.15) is 5.76 Å². The van der Waals surface area contributed by atoms with Crippen molar-refractivity contribution in [1.82, 2.24) is 10.6 Å². The normalized spacial score (nSPS) is 23.0. The maximum absolute atomic E-state index is 10.9. The summed E-state index contributed by atoms with van der Waals surface area (Å²) in [4.78, 5) is 10.9. The zero-order chi connectivity index (χ0) is 8.39. The van der Waals surface area contributed by atoms with E-state index < -0.39 is 0 Å². The Balaban J connectivity index is 2.09. The average Bonchev–Trinajstić information content (AvgIpc) is 2.56. The van der Waals surface area contributed by atoms with Gasteiger partial charge in [0.2, 0.25) is 0 Å². The largest absolute Gasteiger partial charge is 0.467 e. The third-order valence-electron chi connectivity index (χ3n) is 1.91. The monoisotopic (exact) mass is 166 g/mol. The van der Waals surface area contributed by atoms with Crippen molar-refractivity contribution in [3.63, 3.8) is 0 Å². The third-order valence-corrected chi connectivity index (χ3v) is 1.91. The zero-order valence-corrected chi connectivity index (χ0v) is 6.54. The molecule has 1 aliphatic heterocycles. The van der Waals surface area contributed by atoms with E-state index in [2.05, 4.69) is 10.6 Å². The fourth-order valence-electron chi connectivity index (χ4n) is 1.31. The highest BCUT2D eigenvalue weighted by Crippen LogP contribution is 2.18. The lowest BCUT2D eigenvalue weighted by molar-refractivity contribution is 0.225. The van der Waals surface area contributed by atoms with Crippen LogP contribution < -0.4 is 10.6 Å². The molecule has 1 aliphatic rings. The van der Waals surface area contributed by atoms with Crippen LogP contribution in [0.15, 0.2) is 22.8 Å². The lowest BCUT2D eigenvalue weighted by Gasteiger charge is -2.22. The minimum atomic E-state index is -0.123. The molecule has 4 heteroatoms. The number of urea groups is 1. The predicted molar refractivity (Wildman–Crippen MR) is 42.6 cm³/mol. The van der Waals surface area contributed by atoms with Crippen LogP contribution in [-0.2, 0) is 0 Å². The van der Waals surface area contributed by atoms with E-state index in [4.69, 9.17) is 4.42 Å². The first-order valence-corrected chi connectivity index (χ1v) is 3.94. The summed E-state index contributed by atoms with van der Waals surface area (Å²) in [5.41, 5.74) is 0. The number of hydrogen-bond donors (Lipinski definition) is 2. The maximum atomic E-state index is 10.9. The van der Waals surface area contributed by atoms with Gasteiger partial charge in [0.15, 0.2) is 0 Å². The molecule has 1 unspecified atom stereocenters. The molecule has 12 heavy (non-hydrogen) atoms. The summed E-state index contributed by atoms with van der Waals surface area (Å²) < 4.78 is 5.18. The van der Waals surface area contributed by atoms with Crippen LogP contribution in [0.25, 0.3) is 0 Å². The summed E-state index contributed by atoms with van der Waals surface area (Å²) >= 11 is 0. The van der Waals surface area contributed by atoms with Crippen LogP contribution in [-0.4, -0.2) is 12.6 Å². The highest BCUT2D eigenvalue weighted by Gasteiger charge is 2.20. The highest BCUT2D eigenvalue weighted by atomic mass is 16.3. The van der Waals surface area contributed by atoms with E-state index in [1.165, 1.54) is 0 Å². The van der Waals surface area contributed by atoms with Gasteiger partial charge in [-0.1, -0.05) is 0 Å². The fourth-order valence-corrected chi connectivity index (χ4v) is 1.31. The molecule has 2 amide bonds. The van der Waals surface area contributed by atoms with Crippen LogP contribution in [0.2, 0.25) is 0 Å². The first-order chi connectivity index (χ1) is 5.86. The molecule has 0 spiro atoms. The summed E-state index contributed by atoms with van der Waals surface area (Å²) in [7, 11) is 0. The first kappa shape index (κ1) is 7.21. The Kier molecular flexibility index (Phi) is 1.74. The summed E-state index contributed by atoms with van der Waals surface area (Å²) in [6, 6.07) is 3.61. The quantitative estimate of drug-likeness (QED) is 0.654. The number of rotatable bonds is 1. The zero-order valence-electron chi connectivity index (χ0n) is 6.54. The second-order valence-corrected chi connectivity index (χ2v) is 2.76. The molecule has 0 bridgehead atoms. The second-order valence-electron chi connectivity index (χ2n) is 2.76. The van der Waals surface area contributed by atoms with Gasteiger partial charge in [-0.3, -0.25) is 0 Å². The molecule has 1 saturated heterocycles. The first-order valence-electron chi connectivity index (χ1n) is 3.94. The van der Waals surface area contributed by atoms with Crippen molar-refractivity contribution in [2.45, 2.75) is 12.5 Å². The number of furan rings is 1. The van der Waals surface area contributed by atoms with Gasteiger partial charge >= 0.3 is 6.03 Å². The Morgan fingerprint density at radius 3 is 3.17 bits per heavy atom. The molecule has 1 atom stereocenters. The van der Waals surface area contributed by atoms with E-state index in [1.54, 1.807) is 6.26 Å². The van der Waals surface area contributed by atoms with Crippen LogP contribution in [0.5, 0.6) is 0 Å². The number of hydrogen-bond acceptors (Lipinski definition) is 2. The molecular formula is C8H10N2O2. The van der Waals surface area contributed by atoms with E-state index in [0.29, 0.717) is 6.54 Å². The Labute approximate surface area is 69.9 Å². The number of carbonyl (C=O) groups is 1. The highest BCUT2D eigenvalue weighted by molar-refractivity contribution is 5.75. The Hall–Kier alpha value is -1.45. The molecular weight excluding hydrogens is 156 g/mol. The van der Waals surface area contributed by atoms with Crippen molar-refractivity contribution >= 4 is 6.03 Å². The second kappa shape index (κ2) is 2.89. The smallest absolute Gasteiger partial charge is 0.315 e. The van der Waals surface area contributed by atoms with Gasteiger partial charge in [-0.2, -0.15) is 0 Å². The van der Waals surface area contributed by atoms with Crippen molar-refractivity contribution in [3.05, 3.63) is 24.2 Å². The van der Waals surface area contributed by atoms with Gasteiger partial charge in [0.25, 0.3) is 0 Å². The molecule has 0 aliphatic carbocycles. The van der Waals surface area contributed by atoms with E-state index in [0.717, 1.165) is 12.2 Å². The van der Waals surface area contributed by atoms with E-state index >= 15 is 0 Å². The maximum Gasteiger partial charge on any atom is 0.315 e. The Bertz CT molecular complexity index is 269. The van der Waals surface area contributed by atoms with Crippen molar-refractivity contribution < 1.29 is 9.21 Å². The molecule has 0 aromatic carbocycles. The van der Waals surface area contributed by atoms with Gasteiger partial charge in [0, 0.05) is 6.54 Å². The third kappa shape index (κ3) is 1.28. The molecule has 0 radical (unpaired) electrons. The molecule has 1 aromatic heterocycles. The number of amides is 2. The van der Waals surface area contributed by atoms with Crippen molar-refractivity contribution in [2.75, 3.05) is 6.54 Å². The average molecular weight is 166 g/mol. The summed E-state index contributed by atoms with van der Waals surface area (Å²) in [6.07, 6.45) is 2.49. The molecule has 2 heterocycles. The molecule has 64 valence electrons. The van der Waals surface area contributed by atoms with E-state index in [-0.39, 0.29) is 12.1 Å². The van der Waals surface area contributed by atoms with Crippen LogP contribution in [0, 0.1) is 0 Å². The van der Waals surface area contributed by atoms with Crippen LogP contribution in [0.1, 0.15) is 18.2 Å². The number of carbonyl (C=O) groups excluding carboxylic acids is 1. The molecule has 2 N–H and O–H groups in total. The van der Waals surface area contributed by atoms with Crippen LogP contribution >= 0.6 is 0 Å². The molecule has 0 saturated carbocycles. The molecule has 4 nitrogen and oxygen atoms in total. The van der Waals surface area contributed by atoms with E-state index in [9.17, 15) is 4.79 Å². The summed E-state index contributed by atoms with van der Waals surface area (Å²) in [5.74, 6) is 0.824. The van der Waals surface area contributed by atoms with Crippen LogP contribution in [0.3, 0.4) is 0 Å². The van der Waals surface area contributed by atoms with Gasteiger partial charge in [0.05, 0.1) is 12.3 Å². The minimum absolute atomic E-state index is 0.0359. The topological polar surface area (TPSA) is 54.3 Å². The van der Waals surface area contributed by atoms with Gasteiger partial charge < -0.3 is 15.1 Å². The molecule has 1 aromatic rings.